The first-order valence-corrected chi connectivity index (χ1v) is 12.6. The second-order valence-electron chi connectivity index (χ2n) is 11.8. The normalized spacial score (nSPS) is 36.8. The SMILES string of the molecule is CC(C)C1CC[C@H]2C(CC[C@H]3[C@](C)(COC(=O)c4ccccc4C(=O)O)CCC[C@]23C)C1. The van der Waals surface area contributed by atoms with E-state index in [4.69, 9.17) is 4.74 Å². The minimum absolute atomic E-state index is 0.0126. The van der Waals surface area contributed by atoms with E-state index in [-0.39, 0.29) is 16.5 Å². The van der Waals surface area contributed by atoms with Gasteiger partial charge in [-0.05, 0) is 92.1 Å². The van der Waals surface area contributed by atoms with Gasteiger partial charge < -0.3 is 9.84 Å². The lowest BCUT2D eigenvalue weighted by Crippen LogP contribution is -2.55. The summed E-state index contributed by atoms with van der Waals surface area (Å²) in [6.07, 6.45) is 10.2. The van der Waals surface area contributed by atoms with Crippen LogP contribution < -0.4 is 0 Å². The fourth-order valence-electron chi connectivity index (χ4n) is 7.94. The third-order valence-electron chi connectivity index (χ3n) is 9.65. The quantitative estimate of drug-likeness (QED) is 0.509. The Bertz CT molecular complexity index is 861. The summed E-state index contributed by atoms with van der Waals surface area (Å²) in [5.74, 6) is 2.26. The lowest BCUT2D eigenvalue weighted by Gasteiger charge is -2.61. The van der Waals surface area contributed by atoms with Crippen LogP contribution in [0.2, 0.25) is 0 Å². The van der Waals surface area contributed by atoms with Crippen molar-refractivity contribution in [3.63, 3.8) is 0 Å². The van der Waals surface area contributed by atoms with Gasteiger partial charge in [0.05, 0.1) is 17.7 Å². The molecule has 0 bridgehead atoms. The Morgan fingerprint density at radius 2 is 1.78 bits per heavy atom. The number of benzene rings is 1. The average Bonchev–Trinajstić information content (AvgIpc) is 2.77. The number of fused-ring (bicyclic) bond motifs is 3. The fraction of sp³-hybridized carbons (Fsp3) is 0.714. The minimum Gasteiger partial charge on any atom is -0.478 e. The number of carboxylic acid groups (broad SMARTS) is 1. The summed E-state index contributed by atoms with van der Waals surface area (Å²) in [4.78, 5) is 24.4. The maximum atomic E-state index is 12.8. The molecule has 4 rings (SSSR count). The molecule has 6 atom stereocenters. The van der Waals surface area contributed by atoms with Gasteiger partial charge in [-0.3, -0.25) is 0 Å². The monoisotopic (exact) mass is 440 g/mol. The maximum Gasteiger partial charge on any atom is 0.339 e. The van der Waals surface area contributed by atoms with Crippen molar-refractivity contribution in [2.24, 2.45) is 40.4 Å². The molecule has 2 unspecified atom stereocenters. The predicted molar refractivity (Wildman–Crippen MR) is 126 cm³/mol. The first-order valence-electron chi connectivity index (χ1n) is 12.6. The van der Waals surface area contributed by atoms with Gasteiger partial charge in [0.2, 0.25) is 0 Å². The molecule has 4 heteroatoms. The molecule has 0 aromatic heterocycles. The topological polar surface area (TPSA) is 63.6 Å². The molecule has 3 aliphatic rings. The molecule has 32 heavy (non-hydrogen) atoms. The van der Waals surface area contributed by atoms with Crippen LogP contribution in [-0.4, -0.2) is 23.7 Å². The van der Waals surface area contributed by atoms with Crippen molar-refractivity contribution >= 4 is 11.9 Å². The number of carboxylic acids is 1. The molecule has 0 amide bonds. The summed E-state index contributed by atoms with van der Waals surface area (Å²) in [5.41, 5.74) is 0.445. The molecule has 0 heterocycles. The highest BCUT2D eigenvalue weighted by molar-refractivity contribution is 6.02. The molecule has 1 aromatic rings. The molecule has 1 N–H and O–H groups in total. The van der Waals surface area contributed by atoms with Crippen molar-refractivity contribution in [2.45, 2.75) is 79.1 Å². The van der Waals surface area contributed by atoms with Crippen LogP contribution in [0.3, 0.4) is 0 Å². The summed E-state index contributed by atoms with van der Waals surface area (Å²) in [6, 6.07) is 6.35. The van der Waals surface area contributed by atoms with Crippen LogP contribution in [0.5, 0.6) is 0 Å². The van der Waals surface area contributed by atoms with Crippen molar-refractivity contribution < 1.29 is 19.4 Å². The molecule has 3 saturated carbocycles. The van der Waals surface area contributed by atoms with Crippen molar-refractivity contribution in [1.82, 2.24) is 0 Å². The third-order valence-corrected chi connectivity index (χ3v) is 9.65. The van der Waals surface area contributed by atoms with Gasteiger partial charge in [0, 0.05) is 5.41 Å². The molecule has 1 aromatic carbocycles. The first-order chi connectivity index (χ1) is 15.2. The molecular formula is C28H40O4. The molecule has 0 saturated heterocycles. The van der Waals surface area contributed by atoms with Crippen LogP contribution in [0.4, 0.5) is 0 Å². The van der Waals surface area contributed by atoms with Crippen LogP contribution >= 0.6 is 0 Å². The van der Waals surface area contributed by atoms with Gasteiger partial charge >= 0.3 is 11.9 Å². The Hall–Kier alpha value is -1.84. The van der Waals surface area contributed by atoms with E-state index in [1.807, 2.05) is 0 Å². The third kappa shape index (κ3) is 4.10. The smallest absolute Gasteiger partial charge is 0.339 e. The van der Waals surface area contributed by atoms with Gasteiger partial charge in [-0.2, -0.15) is 0 Å². The van der Waals surface area contributed by atoms with Crippen LogP contribution in [0.1, 0.15) is 99.8 Å². The Labute approximate surface area is 193 Å². The van der Waals surface area contributed by atoms with Crippen LogP contribution in [0.25, 0.3) is 0 Å². The highest BCUT2D eigenvalue weighted by atomic mass is 16.5. The van der Waals surface area contributed by atoms with Gasteiger partial charge in [0.25, 0.3) is 0 Å². The number of esters is 1. The van der Waals surface area contributed by atoms with Crippen LogP contribution in [0, 0.1) is 40.4 Å². The minimum atomic E-state index is -1.09. The molecule has 176 valence electrons. The summed E-state index contributed by atoms with van der Waals surface area (Å²) in [7, 11) is 0. The van der Waals surface area contributed by atoms with E-state index >= 15 is 0 Å². The van der Waals surface area contributed by atoms with Crippen LogP contribution in [-0.2, 0) is 4.74 Å². The van der Waals surface area contributed by atoms with Crippen LogP contribution in [0.15, 0.2) is 24.3 Å². The highest BCUT2D eigenvalue weighted by Gasteiger charge is 2.57. The Morgan fingerprint density at radius 1 is 1.06 bits per heavy atom. The number of rotatable bonds is 5. The summed E-state index contributed by atoms with van der Waals surface area (Å²) < 4.78 is 5.84. The standard InChI is InChI=1S/C28H40O4/c1-18(2)19-10-12-23-20(16-19)11-13-24-27(3,14-7-15-28(23,24)4)17-32-26(31)22-9-6-5-8-21(22)25(29)30/h5-6,8-9,18-20,23-24H,7,10-17H2,1-4H3,(H,29,30)/t19?,20?,23-,24-,27-,28+/m0/s1. The van der Waals surface area contributed by atoms with Gasteiger partial charge in [0.1, 0.15) is 0 Å². The zero-order chi connectivity index (χ0) is 23.1. The number of hydrogen-bond donors (Lipinski definition) is 1. The largest absolute Gasteiger partial charge is 0.478 e. The van der Waals surface area contributed by atoms with E-state index in [9.17, 15) is 14.7 Å². The molecule has 3 fully saturated rings. The lowest BCUT2D eigenvalue weighted by molar-refractivity contribution is -0.136. The zero-order valence-corrected chi connectivity index (χ0v) is 20.2. The molecule has 0 aliphatic heterocycles. The predicted octanol–water partition coefficient (Wildman–Crippen LogP) is 6.84. The molecule has 0 spiro atoms. The Balaban J connectivity index is 1.49. The number of aromatic carboxylic acids is 1. The number of ether oxygens (including phenoxy) is 1. The maximum absolute atomic E-state index is 12.8. The number of hydrogen-bond acceptors (Lipinski definition) is 3. The molecular weight excluding hydrogens is 400 g/mol. The molecule has 3 aliphatic carbocycles. The molecule has 0 radical (unpaired) electrons. The second-order valence-corrected chi connectivity index (χ2v) is 11.8. The Kier molecular flexibility index (Phi) is 6.44. The average molecular weight is 441 g/mol. The van der Waals surface area contributed by atoms with Gasteiger partial charge in [-0.25, -0.2) is 9.59 Å². The summed E-state index contributed by atoms with van der Waals surface area (Å²) in [5, 5.41) is 9.43. The van der Waals surface area contributed by atoms with E-state index in [0.29, 0.717) is 17.9 Å². The summed E-state index contributed by atoms with van der Waals surface area (Å²) >= 11 is 0. The van der Waals surface area contributed by atoms with Crippen molar-refractivity contribution in [2.75, 3.05) is 6.61 Å². The second kappa shape index (κ2) is 8.83. The number of carbonyl (C=O) groups is 2. The van der Waals surface area contributed by atoms with E-state index in [2.05, 4.69) is 27.7 Å². The van der Waals surface area contributed by atoms with Crippen molar-refractivity contribution in [3.8, 4) is 0 Å². The van der Waals surface area contributed by atoms with Gasteiger partial charge in [0.15, 0.2) is 0 Å². The van der Waals surface area contributed by atoms with E-state index < -0.39 is 11.9 Å². The Morgan fingerprint density at radius 3 is 2.47 bits per heavy atom. The van der Waals surface area contributed by atoms with Gasteiger partial charge in [-0.15, -0.1) is 0 Å². The van der Waals surface area contributed by atoms with E-state index in [0.717, 1.165) is 30.1 Å². The van der Waals surface area contributed by atoms with Gasteiger partial charge in [-0.1, -0.05) is 46.2 Å². The fourth-order valence-corrected chi connectivity index (χ4v) is 7.94. The van der Waals surface area contributed by atoms with E-state index in [1.54, 1.807) is 18.2 Å². The molecule has 4 nitrogen and oxygen atoms in total. The van der Waals surface area contributed by atoms with Crippen molar-refractivity contribution in [3.05, 3.63) is 35.4 Å². The highest BCUT2D eigenvalue weighted by Crippen LogP contribution is 2.64. The first kappa shape index (κ1) is 23.3. The summed E-state index contributed by atoms with van der Waals surface area (Å²) in [6.45, 7) is 9.99. The van der Waals surface area contributed by atoms with Crippen molar-refractivity contribution in [1.29, 1.82) is 0 Å². The zero-order valence-electron chi connectivity index (χ0n) is 20.2. The number of carbonyl (C=O) groups excluding carboxylic acids is 1. The lowest BCUT2D eigenvalue weighted by atomic mass is 9.44. The van der Waals surface area contributed by atoms with E-state index in [1.165, 1.54) is 51.0 Å².